The molecule has 4 rings (SSSR count). The van der Waals surface area contributed by atoms with E-state index in [9.17, 15) is 9.90 Å². The fourth-order valence-electron chi connectivity index (χ4n) is 3.72. The topological polar surface area (TPSA) is 53.4 Å². The van der Waals surface area contributed by atoms with Gasteiger partial charge in [-0.1, -0.05) is 18.2 Å². The molecule has 0 bridgehead atoms. The number of benzene rings is 1. The van der Waals surface area contributed by atoms with Crippen molar-refractivity contribution in [3.05, 3.63) is 64.5 Å². The van der Waals surface area contributed by atoms with E-state index in [-0.39, 0.29) is 12.0 Å². The summed E-state index contributed by atoms with van der Waals surface area (Å²) in [7, 11) is 0. The van der Waals surface area contributed by atoms with Crippen LogP contribution in [0.2, 0.25) is 0 Å². The Bertz CT molecular complexity index is 878. The summed E-state index contributed by atoms with van der Waals surface area (Å²) in [5, 5.41) is 14.8. The summed E-state index contributed by atoms with van der Waals surface area (Å²) in [6.07, 6.45) is 3.62. The summed E-state index contributed by atoms with van der Waals surface area (Å²) in [6, 6.07) is 12.5. The first-order chi connectivity index (χ1) is 12.2. The highest BCUT2D eigenvalue weighted by Gasteiger charge is 2.31. The lowest BCUT2D eigenvalue weighted by Gasteiger charge is -2.37. The van der Waals surface area contributed by atoms with Gasteiger partial charge in [0.05, 0.1) is 17.5 Å². The Morgan fingerprint density at radius 1 is 1.28 bits per heavy atom. The molecule has 3 heterocycles. The maximum Gasteiger partial charge on any atom is 0.307 e. The summed E-state index contributed by atoms with van der Waals surface area (Å²) < 4.78 is 0. The normalized spacial score (nSPS) is 19.8. The standard InChI is InChI=1S/C20H20N2O2S/c23-20(24)15-5-3-8-22(12-15)19(16-7-9-25-13-16)17-10-14-4-1-2-6-18(14)21-11-17/h1-2,4,6-7,9-11,13,15,19H,3,5,8,12H2,(H,23,24). The van der Waals surface area contributed by atoms with E-state index < -0.39 is 5.97 Å². The maximum atomic E-state index is 11.5. The number of piperidine rings is 1. The first-order valence-electron chi connectivity index (χ1n) is 8.56. The number of carbonyl (C=O) groups is 1. The Labute approximate surface area is 150 Å². The largest absolute Gasteiger partial charge is 0.481 e. The molecule has 25 heavy (non-hydrogen) atoms. The molecule has 1 aliphatic rings. The van der Waals surface area contributed by atoms with E-state index in [1.165, 1.54) is 5.56 Å². The molecule has 4 nitrogen and oxygen atoms in total. The van der Waals surface area contributed by atoms with Crippen molar-refractivity contribution in [3.8, 4) is 0 Å². The molecule has 1 aliphatic heterocycles. The summed E-state index contributed by atoms with van der Waals surface area (Å²) in [6.45, 7) is 1.50. The monoisotopic (exact) mass is 352 g/mol. The molecule has 1 aromatic carbocycles. The van der Waals surface area contributed by atoms with Crippen LogP contribution in [0.25, 0.3) is 10.9 Å². The van der Waals surface area contributed by atoms with E-state index >= 15 is 0 Å². The van der Waals surface area contributed by atoms with Crippen LogP contribution < -0.4 is 0 Å². The zero-order chi connectivity index (χ0) is 17.2. The molecule has 3 aromatic rings. The Morgan fingerprint density at radius 2 is 2.16 bits per heavy atom. The van der Waals surface area contributed by atoms with Gasteiger partial charge in [0, 0.05) is 18.1 Å². The van der Waals surface area contributed by atoms with Gasteiger partial charge in [0.15, 0.2) is 0 Å². The second-order valence-electron chi connectivity index (χ2n) is 6.59. The third-order valence-corrected chi connectivity index (χ3v) is 5.65. The quantitative estimate of drug-likeness (QED) is 0.765. The lowest BCUT2D eigenvalue weighted by atomic mass is 9.92. The van der Waals surface area contributed by atoms with Crippen LogP contribution in [0, 0.1) is 5.92 Å². The lowest BCUT2D eigenvalue weighted by Crippen LogP contribution is -2.41. The molecule has 0 amide bonds. The predicted molar refractivity (Wildman–Crippen MR) is 99.8 cm³/mol. The molecular weight excluding hydrogens is 332 g/mol. The van der Waals surface area contributed by atoms with Gasteiger partial charge in [0.25, 0.3) is 0 Å². The van der Waals surface area contributed by atoms with Crippen LogP contribution in [0.1, 0.15) is 30.0 Å². The van der Waals surface area contributed by atoms with Gasteiger partial charge >= 0.3 is 5.97 Å². The second-order valence-corrected chi connectivity index (χ2v) is 7.37. The van der Waals surface area contributed by atoms with Crippen LogP contribution in [0.3, 0.4) is 0 Å². The molecule has 0 spiro atoms. The van der Waals surface area contributed by atoms with E-state index in [4.69, 9.17) is 0 Å². The molecule has 1 saturated heterocycles. The molecule has 128 valence electrons. The zero-order valence-corrected chi connectivity index (χ0v) is 14.7. The molecule has 1 fully saturated rings. The molecule has 2 aromatic heterocycles. The number of fused-ring (bicyclic) bond motifs is 1. The first-order valence-corrected chi connectivity index (χ1v) is 9.50. The van der Waals surface area contributed by atoms with Crippen molar-refractivity contribution < 1.29 is 9.90 Å². The summed E-state index contributed by atoms with van der Waals surface area (Å²) in [4.78, 5) is 18.4. The van der Waals surface area contributed by atoms with Crippen LogP contribution in [0.5, 0.6) is 0 Å². The minimum absolute atomic E-state index is 0.0607. The van der Waals surface area contributed by atoms with Crippen LogP contribution in [0.15, 0.2) is 53.4 Å². The highest BCUT2D eigenvalue weighted by atomic mass is 32.1. The molecule has 0 radical (unpaired) electrons. The first kappa shape index (κ1) is 16.2. The Morgan fingerprint density at radius 3 is 2.96 bits per heavy atom. The third-order valence-electron chi connectivity index (χ3n) is 4.95. The molecule has 0 aliphatic carbocycles. The second kappa shape index (κ2) is 6.94. The number of hydrogen-bond acceptors (Lipinski definition) is 4. The number of aromatic nitrogens is 1. The number of likely N-dealkylation sites (tertiary alicyclic amines) is 1. The number of thiophene rings is 1. The van der Waals surface area contributed by atoms with E-state index in [0.717, 1.165) is 35.9 Å². The smallest absolute Gasteiger partial charge is 0.307 e. The number of aliphatic carboxylic acids is 1. The SMILES string of the molecule is O=C(O)C1CCCN(C(c2ccsc2)c2cnc3ccccc3c2)C1. The van der Waals surface area contributed by atoms with E-state index in [2.05, 4.69) is 38.8 Å². The van der Waals surface area contributed by atoms with Crippen molar-refractivity contribution >= 4 is 28.2 Å². The van der Waals surface area contributed by atoms with Gasteiger partial charge in [0.2, 0.25) is 0 Å². The number of pyridine rings is 1. The predicted octanol–water partition coefficient (Wildman–Crippen LogP) is 4.18. The average Bonchev–Trinajstić information content (AvgIpc) is 3.16. The Kier molecular flexibility index (Phi) is 4.51. The van der Waals surface area contributed by atoms with Gasteiger partial charge in [-0.25, -0.2) is 0 Å². The number of carboxylic acids is 1. The van der Waals surface area contributed by atoms with Gasteiger partial charge in [-0.15, -0.1) is 0 Å². The van der Waals surface area contributed by atoms with Gasteiger partial charge in [-0.05, 0) is 59.5 Å². The van der Waals surface area contributed by atoms with Crippen molar-refractivity contribution in [2.24, 2.45) is 5.92 Å². The van der Waals surface area contributed by atoms with Gasteiger partial charge < -0.3 is 5.11 Å². The zero-order valence-electron chi connectivity index (χ0n) is 13.8. The summed E-state index contributed by atoms with van der Waals surface area (Å²) in [5.74, 6) is -0.978. The molecule has 0 saturated carbocycles. The van der Waals surface area contributed by atoms with Gasteiger partial charge in [-0.3, -0.25) is 14.7 Å². The van der Waals surface area contributed by atoms with Gasteiger partial charge in [0.1, 0.15) is 0 Å². The minimum atomic E-state index is -0.689. The number of nitrogens with zero attached hydrogens (tertiary/aromatic N) is 2. The Hall–Kier alpha value is -2.24. The van der Waals surface area contributed by atoms with Crippen molar-refractivity contribution in [3.63, 3.8) is 0 Å². The highest BCUT2D eigenvalue weighted by Crippen LogP contribution is 2.34. The maximum absolute atomic E-state index is 11.5. The minimum Gasteiger partial charge on any atom is -0.481 e. The van der Waals surface area contributed by atoms with Crippen molar-refractivity contribution in [2.75, 3.05) is 13.1 Å². The molecule has 1 N–H and O–H groups in total. The number of rotatable bonds is 4. The number of para-hydroxylation sites is 1. The molecule has 5 heteroatoms. The van der Waals surface area contributed by atoms with E-state index in [1.54, 1.807) is 11.3 Å². The summed E-state index contributed by atoms with van der Waals surface area (Å²) >= 11 is 1.67. The number of hydrogen-bond donors (Lipinski definition) is 1. The Balaban J connectivity index is 1.74. The van der Waals surface area contributed by atoms with Crippen LogP contribution in [-0.4, -0.2) is 34.0 Å². The summed E-state index contributed by atoms with van der Waals surface area (Å²) in [5.41, 5.74) is 3.33. The van der Waals surface area contributed by atoms with Crippen LogP contribution in [0.4, 0.5) is 0 Å². The van der Waals surface area contributed by atoms with Gasteiger partial charge in [-0.2, -0.15) is 11.3 Å². The molecule has 2 atom stereocenters. The van der Waals surface area contributed by atoms with Crippen molar-refractivity contribution in [2.45, 2.75) is 18.9 Å². The molecule has 2 unspecified atom stereocenters. The van der Waals surface area contributed by atoms with E-state index in [1.807, 2.05) is 24.4 Å². The van der Waals surface area contributed by atoms with Crippen molar-refractivity contribution in [1.82, 2.24) is 9.88 Å². The van der Waals surface area contributed by atoms with Crippen LogP contribution in [-0.2, 0) is 4.79 Å². The highest BCUT2D eigenvalue weighted by molar-refractivity contribution is 7.08. The van der Waals surface area contributed by atoms with E-state index in [0.29, 0.717) is 6.54 Å². The van der Waals surface area contributed by atoms with Crippen LogP contribution >= 0.6 is 11.3 Å². The van der Waals surface area contributed by atoms with Crippen molar-refractivity contribution in [1.29, 1.82) is 0 Å². The fraction of sp³-hybridized carbons (Fsp3) is 0.300. The lowest BCUT2D eigenvalue weighted by molar-refractivity contribution is -0.143. The third kappa shape index (κ3) is 3.30. The average molecular weight is 352 g/mol. The number of carboxylic acid groups (broad SMARTS) is 1. The fourth-order valence-corrected chi connectivity index (χ4v) is 4.40. The molecular formula is C20H20N2O2S.